The normalized spacial score (nSPS) is 13.5. The predicted molar refractivity (Wildman–Crippen MR) is 37.6 cm³/mol. The van der Waals surface area contributed by atoms with Crippen molar-refractivity contribution in [3.8, 4) is 0 Å². The summed E-state index contributed by atoms with van der Waals surface area (Å²) in [6, 6.07) is 0. The van der Waals surface area contributed by atoms with E-state index in [1.54, 1.807) is 0 Å². The summed E-state index contributed by atoms with van der Waals surface area (Å²) in [5.41, 5.74) is 0. The second-order valence-corrected chi connectivity index (χ2v) is 2.77. The van der Waals surface area contributed by atoms with Gasteiger partial charge in [-0.2, -0.15) is 39.5 Å². The Morgan fingerprint density at radius 1 is 0.750 bits per heavy atom. The van der Waals surface area contributed by atoms with Crippen LogP contribution in [0.4, 0.5) is 39.5 Å². The van der Waals surface area contributed by atoms with E-state index in [4.69, 9.17) is 0 Å². The Bertz CT molecular complexity index is 170. The quantitative estimate of drug-likeness (QED) is 0.556. The van der Waals surface area contributed by atoms with Crippen LogP contribution in [0, 0.1) is 5.92 Å². The van der Waals surface area contributed by atoms with Crippen LogP contribution in [0.25, 0.3) is 0 Å². The van der Waals surface area contributed by atoms with E-state index in [0.29, 0.717) is 0 Å². The number of halogens is 9. The largest absolute Gasteiger partial charge is 0.400 e. The molecule has 0 rings (SSSR count). The maximum atomic E-state index is 11.2. The van der Waals surface area contributed by atoms with Crippen molar-refractivity contribution < 1.29 is 39.5 Å². The van der Waals surface area contributed by atoms with Gasteiger partial charge in [0.2, 0.25) is 0 Å². The molecule has 0 fully saturated rings. The lowest BCUT2D eigenvalue weighted by molar-refractivity contribution is -0.278. The molecule has 0 aliphatic rings. The van der Waals surface area contributed by atoms with E-state index in [2.05, 4.69) is 0 Å². The Balaban J connectivity index is 0. The van der Waals surface area contributed by atoms with E-state index in [-0.39, 0.29) is 6.92 Å². The van der Waals surface area contributed by atoms with Crippen LogP contribution >= 0.6 is 0 Å². The highest BCUT2D eigenvalue weighted by Gasteiger charge is 2.53. The maximum absolute atomic E-state index is 11.2. The fraction of sp³-hybridized carbons (Fsp3) is 1.00. The third-order valence-electron chi connectivity index (χ3n) is 1.38. The van der Waals surface area contributed by atoms with Crippen LogP contribution in [0.1, 0.15) is 20.3 Å². The van der Waals surface area contributed by atoms with Gasteiger partial charge in [-0.1, -0.05) is 6.92 Å². The summed E-state index contributed by atoms with van der Waals surface area (Å²) in [5, 5.41) is 0. The molecule has 0 aliphatic heterocycles. The lowest BCUT2D eigenvalue weighted by atomic mass is 10.2. The fourth-order valence-corrected chi connectivity index (χ4v) is 0.186. The first-order valence-corrected chi connectivity index (χ1v) is 3.92. The number of hydrogen-bond donors (Lipinski definition) is 0. The summed E-state index contributed by atoms with van der Waals surface area (Å²) in [6.45, 7) is 1.17. The van der Waals surface area contributed by atoms with Gasteiger partial charge in [0.15, 0.2) is 0 Å². The molecule has 0 heterocycles. The summed E-state index contributed by atoms with van der Waals surface area (Å²) in [6.07, 6.45) is -15.1. The molecule has 0 aromatic heterocycles. The van der Waals surface area contributed by atoms with Crippen molar-refractivity contribution in [2.75, 3.05) is 0 Å². The lowest BCUT2D eigenvalue weighted by Crippen LogP contribution is -2.33. The van der Waals surface area contributed by atoms with Crippen LogP contribution in [-0.2, 0) is 0 Å². The molecule has 9 heteroatoms. The molecule has 0 unspecified atom stereocenters. The smallest absolute Gasteiger partial charge is 0.171 e. The fourth-order valence-electron chi connectivity index (χ4n) is 0.186. The summed E-state index contributed by atoms with van der Waals surface area (Å²) in [5.74, 6) is -3.24. The van der Waals surface area contributed by atoms with Crippen molar-refractivity contribution in [1.29, 1.82) is 0 Å². The van der Waals surface area contributed by atoms with Gasteiger partial charge in [-0.3, -0.25) is 0 Å². The highest BCUT2D eigenvalue weighted by molar-refractivity contribution is 4.69. The van der Waals surface area contributed by atoms with Crippen LogP contribution in [-0.4, -0.2) is 18.5 Å². The topological polar surface area (TPSA) is 0 Å². The molecule has 100 valence electrons. The average Bonchev–Trinajstić information content (AvgIpc) is 1.99. The van der Waals surface area contributed by atoms with Crippen LogP contribution in [0.3, 0.4) is 0 Å². The van der Waals surface area contributed by atoms with Crippen LogP contribution in [0.2, 0.25) is 0 Å². The Hall–Kier alpha value is -0.630. The van der Waals surface area contributed by atoms with Crippen LogP contribution < -0.4 is 0 Å². The summed E-state index contributed by atoms with van der Waals surface area (Å²) in [4.78, 5) is 0. The molecule has 16 heavy (non-hydrogen) atoms. The first-order valence-electron chi connectivity index (χ1n) is 3.92. The summed E-state index contributed by atoms with van der Waals surface area (Å²) >= 11 is 0. The van der Waals surface area contributed by atoms with Gasteiger partial charge in [0.25, 0.3) is 0 Å². The monoisotopic (exact) mass is 264 g/mol. The first kappa shape index (κ1) is 17.8. The molecular weight excluding hydrogens is 255 g/mol. The van der Waals surface area contributed by atoms with Gasteiger partial charge in [-0.25, -0.2) is 0 Å². The SMILES string of the molecule is CC(C(F)(F)F)C(F)(F)F.CCC(F)(F)F. The maximum Gasteiger partial charge on any atom is 0.400 e. The van der Waals surface area contributed by atoms with Crippen molar-refractivity contribution >= 4 is 0 Å². The van der Waals surface area contributed by atoms with Gasteiger partial charge in [0.05, 0.1) is 0 Å². The number of hydrogen-bond acceptors (Lipinski definition) is 0. The summed E-state index contributed by atoms with van der Waals surface area (Å²) in [7, 11) is 0. The molecule has 0 atom stereocenters. The van der Waals surface area contributed by atoms with Crippen molar-refractivity contribution in [3.05, 3.63) is 0 Å². The minimum absolute atomic E-state index is 0.0833. The Labute approximate surface area is 85.4 Å². The van der Waals surface area contributed by atoms with Gasteiger partial charge >= 0.3 is 18.5 Å². The number of rotatable bonds is 0. The molecule has 0 N–H and O–H groups in total. The van der Waals surface area contributed by atoms with Crippen LogP contribution in [0.15, 0.2) is 0 Å². The van der Waals surface area contributed by atoms with E-state index in [1.165, 1.54) is 0 Å². The van der Waals surface area contributed by atoms with Crippen molar-refractivity contribution in [3.63, 3.8) is 0 Å². The Morgan fingerprint density at radius 2 is 0.938 bits per heavy atom. The second-order valence-electron chi connectivity index (χ2n) is 2.77. The zero-order valence-corrected chi connectivity index (χ0v) is 8.19. The van der Waals surface area contributed by atoms with Crippen molar-refractivity contribution in [2.24, 2.45) is 5.92 Å². The molecule has 0 amide bonds. The van der Waals surface area contributed by atoms with Gasteiger partial charge in [0, 0.05) is 6.42 Å². The van der Waals surface area contributed by atoms with E-state index >= 15 is 0 Å². The van der Waals surface area contributed by atoms with E-state index in [9.17, 15) is 39.5 Å². The highest BCUT2D eigenvalue weighted by Crippen LogP contribution is 2.38. The second kappa shape index (κ2) is 5.62. The molecule has 0 aliphatic carbocycles. The molecule has 0 saturated carbocycles. The van der Waals surface area contributed by atoms with Gasteiger partial charge in [-0.05, 0) is 6.92 Å². The Morgan fingerprint density at radius 3 is 0.938 bits per heavy atom. The van der Waals surface area contributed by atoms with Gasteiger partial charge < -0.3 is 0 Å². The zero-order valence-electron chi connectivity index (χ0n) is 8.19. The minimum atomic E-state index is -5.18. The predicted octanol–water partition coefficient (Wildman–Crippen LogP) is 4.71. The first-order chi connectivity index (χ1) is 6.72. The van der Waals surface area contributed by atoms with E-state index < -0.39 is 30.9 Å². The third-order valence-corrected chi connectivity index (χ3v) is 1.38. The molecule has 0 nitrogen and oxygen atoms in total. The molecule has 0 saturated heterocycles. The molecule has 0 aromatic carbocycles. The average molecular weight is 264 g/mol. The molecule has 0 aromatic rings. The molecular formula is C7H9F9. The standard InChI is InChI=1S/C4H4F6.C3H5F3/c1-2(3(5,6)7)4(8,9)10;1-2-3(4,5)6/h2H,1H3;2H2,1H3. The van der Waals surface area contributed by atoms with Crippen molar-refractivity contribution in [1.82, 2.24) is 0 Å². The lowest BCUT2D eigenvalue weighted by Gasteiger charge is -2.17. The minimum Gasteiger partial charge on any atom is -0.171 e. The zero-order chi connectivity index (χ0) is 13.8. The summed E-state index contributed by atoms with van der Waals surface area (Å²) < 4.78 is 99.7. The van der Waals surface area contributed by atoms with Crippen LogP contribution in [0.5, 0.6) is 0 Å². The molecule has 0 spiro atoms. The molecule has 0 radical (unpaired) electrons. The van der Waals surface area contributed by atoms with E-state index in [0.717, 1.165) is 6.92 Å². The van der Waals surface area contributed by atoms with Gasteiger partial charge in [0.1, 0.15) is 5.92 Å². The number of alkyl halides is 9. The Kier molecular flexibility index (Phi) is 6.24. The van der Waals surface area contributed by atoms with E-state index in [1.807, 2.05) is 0 Å². The highest BCUT2D eigenvalue weighted by atomic mass is 19.4. The van der Waals surface area contributed by atoms with Gasteiger partial charge in [-0.15, -0.1) is 0 Å². The molecule has 0 bridgehead atoms. The van der Waals surface area contributed by atoms with Crippen molar-refractivity contribution in [2.45, 2.75) is 38.8 Å². The third kappa shape index (κ3) is 9.91.